The van der Waals surface area contributed by atoms with Gasteiger partial charge in [-0.2, -0.15) is 4.74 Å². The van der Waals surface area contributed by atoms with Gasteiger partial charge >= 0.3 is 0 Å². The maximum Gasteiger partial charge on any atom is 0.216 e. The number of hydrogen-bond donors (Lipinski definition) is 0. The summed E-state index contributed by atoms with van der Waals surface area (Å²) in [6.45, 7) is 2.08. The normalized spacial score (nSPS) is 11.5. The Balaban J connectivity index is 2.30. The van der Waals surface area contributed by atoms with Crippen molar-refractivity contribution in [1.82, 2.24) is 0 Å². The lowest BCUT2D eigenvalue weighted by Crippen LogP contribution is -1.99. The Hall–Kier alpha value is -2.09. The average molecular weight is 225 g/mol. The Bertz CT molecular complexity index is 517. The second-order valence-electron chi connectivity index (χ2n) is 3.89. The van der Waals surface area contributed by atoms with Crippen molar-refractivity contribution >= 4 is 11.9 Å². The molecule has 0 aromatic heterocycles. The van der Waals surface area contributed by atoms with Crippen LogP contribution in [0, 0.1) is 5.21 Å². The van der Waals surface area contributed by atoms with Gasteiger partial charge in [-0.3, -0.25) is 0 Å². The first-order chi connectivity index (χ1) is 8.29. The lowest BCUT2D eigenvalue weighted by molar-refractivity contribution is -0.354. The second kappa shape index (κ2) is 5.30. The third kappa shape index (κ3) is 2.94. The molecule has 0 bridgehead atoms. The lowest BCUT2D eigenvalue weighted by Gasteiger charge is -2.04. The molecule has 17 heavy (non-hydrogen) atoms. The minimum absolute atomic E-state index is 0.674. The Kier molecular flexibility index (Phi) is 3.55. The summed E-state index contributed by atoms with van der Waals surface area (Å²) in [5.41, 5.74) is 2.75. The van der Waals surface area contributed by atoms with Gasteiger partial charge in [0.2, 0.25) is 5.69 Å². The number of hydrogen-bond acceptors (Lipinski definition) is 1. The van der Waals surface area contributed by atoms with E-state index in [0.717, 1.165) is 16.7 Å². The van der Waals surface area contributed by atoms with E-state index in [1.807, 2.05) is 54.6 Å². The Labute approximate surface area is 101 Å². The first kappa shape index (κ1) is 11.4. The van der Waals surface area contributed by atoms with E-state index in [0.29, 0.717) is 5.69 Å². The van der Waals surface area contributed by atoms with Gasteiger partial charge < -0.3 is 5.21 Å². The molecule has 0 spiro atoms. The predicted octanol–water partition coefficient (Wildman–Crippen LogP) is 3.51. The highest BCUT2D eigenvalue weighted by atomic mass is 16.5. The van der Waals surface area contributed by atoms with E-state index in [-0.39, 0.29) is 0 Å². The largest absolute Gasteiger partial charge is 0.618 e. The zero-order chi connectivity index (χ0) is 12.1. The number of nitrogens with zero attached hydrogens (tertiary/aromatic N) is 1. The molecule has 0 N–H and O–H groups in total. The zero-order valence-electron chi connectivity index (χ0n) is 9.84. The average Bonchev–Trinajstić information content (AvgIpc) is 2.40. The molecule has 0 fully saturated rings. The van der Waals surface area contributed by atoms with Crippen molar-refractivity contribution in [2.45, 2.75) is 13.3 Å². The first-order valence-corrected chi connectivity index (χ1v) is 5.75. The molecule has 0 saturated heterocycles. The van der Waals surface area contributed by atoms with Crippen molar-refractivity contribution in [3.05, 3.63) is 70.9 Å². The highest BCUT2D eigenvalue weighted by Crippen LogP contribution is 2.14. The summed E-state index contributed by atoms with van der Waals surface area (Å²) in [4.78, 5) is 0. The van der Waals surface area contributed by atoms with Crippen LogP contribution in [0.4, 0.5) is 5.69 Å². The van der Waals surface area contributed by atoms with Gasteiger partial charge in [0.05, 0.1) is 0 Å². The minimum Gasteiger partial charge on any atom is -0.618 e. The SMILES string of the molecule is CCc1cccc([N+]([O-])=Cc2ccccc2)c1. The van der Waals surface area contributed by atoms with E-state index < -0.39 is 0 Å². The number of benzene rings is 2. The van der Waals surface area contributed by atoms with Crippen LogP contribution in [0.5, 0.6) is 0 Å². The van der Waals surface area contributed by atoms with Crippen molar-refractivity contribution < 1.29 is 4.74 Å². The second-order valence-corrected chi connectivity index (χ2v) is 3.89. The van der Waals surface area contributed by atoms with Crippen LogP contribution in [0.2, 0.25) is 0 Å². The molecule has 0 saturated carbocycles. The quantitative estimate of drug-likeness (QED) is 0.340. The van der Waals surface area contributed by atoms with Gasteiger partial charge in [0, 0.05) is 17.7 Å². The van der Waals surface area contributed by atoms with Crippen molar-refractivity contribution in [2.75, 3.05) is 0 Å². The fourth-order valence-electron chi connectivity index (χ4n) is 1.66. The summed E-state index contributed by atoms with van der Waals surface area (Å²) < 4.78 is 0.911. The van der Waals surface area contributed by atoms with Gasteiger partial charge in [-0.1, -0.05) is 37.3 Å². The van der Waals surface area contributed by atoms with Crippen molar-refractivity contribution in [2.24, 2.45) is 0 Å². The predicted molar refractivity (Wildman–Crippen MR) is 70.7 cm³/mol. The zero-order valence-corrected chi connectivity index (χ0v) is 9.84. The number of rotatable bonds is 3. The van der Waals surface area contributed by atoms with Crippen molar-refractivity contribution in [3.63, 3.8) is 0 Å². The standard InChI is InChI=1S/C15H15NO/c1-2-13-9-6-10-15(11-13)16(17)12-14-7-4-3-5-8-14/h3-12H,2H2,1H3. The molecule has 2 nitrogen and oxygen atoms in total. The van der Waals surface area contributed by atoms with Crippen LogP contribution in [0.1, 0.15) is 18.1 Å². The van der Waals surface area contributed by atoms with Gasteiger partial charge in [0.1, 0.15) is 0 Å². The fraction of sp³-hybridized carbons (Fsp3) is 0.133. The summed E-state index contributed by atoms with van der Waals surface area (Å²) in [7, 11) is 0. The molecule has 0 unspecified atom stereocenters. The molecule has 0 amide bonds. The molecule has 2 heteroatoms. The van der Waals surface area contributed by atoms with E-state index in [1.165, 1.54) is 5.56 Å². The van der Waals surface area contributed by atoms with E-state index in [2.05, 4.69) is 6.92 Å². The van der Waals surface area contributed by atoms with Crippen LogP contribution >= 0.6 is 0 Å². The Morgan fingerprint density at radius 1 is 1.06 bits per heavy atom. The third-order valence-corrected chi connectivity index (χ3v) is 2.64. The van der Waals surface area contributed by atoms with Crippen LogP contribution in [0.3, 0.4) is 0 Å². The fourth-order valence-corrected chi connectivity index (χ4v) is 1.66. The number of aryl methyl sites for hydroxylation is 1. The highest BCUT2D eigenvalue weighted by Gasteiger charge is 2.02. The summed E-state index contributed by atoms with van der Waals surface area (Å²) in [6.07, 6.45) is 2.53. The van der Waals surface area contributed by atoms with Crippen LogP contribution in [-0.4, -0.2) is 11.0 Å². The molecular weight excluding hydrogens is 210 g/mol. The monoisotopic (exact) mass is 225 g/mol. The molecule has 0 heterocycles. The van der Waals surface area contributed by atoms with Gasteiger partial charge in [-0.05, 0) is 24.1 Å². The maximum absolute atomic E-state index is 11.9. The van der Waals surface area contributed by atoms with Crippen LogP contribution in [0.25, 0.3) is 0 Å². The van der Waals surface area contributed by atoms with E-state index in [4.69, 9.17) is 0 Å². The smallest absolute Gasteiger partial charge is 0.216 e. The molecule has 2 aromatic rings. The Morgan fingerprint density at radius 2 is 1.82 bits per heavy atom. The van der Waals surface area contributed by atoms with E-state index in [9.17, 15) is 5.21 Å². The highest BCUT2D eigenvalue weighted by molar-refractivity contribution is 5.76. The molecule has 0 aliphatic heterocycles. The van der Waals surface area contributed by atoms with Crippen molar-refractivity contribution in [3.8, 4) is 0 Å². The summed E-state index contributed by atoms with van der Waals surface area (Å²) in [6, 6.07) is 17.3. The van der Waals surface area contributed by atoms with Gasteiger partial charge in [-0.25, -0.2) is 0 Å². The van der Waals surface area contributed by atoms with Gasteiger partial charge in [-0.15, -0.1) is 0 Å². The minimum atomic E-state index is 0.674. The van der Waals surface area contributed by atoms with Crippen LogP contribution in [0.15, 0.2) is 54.6 Å². The van der Waals surface area contributed by atoms with Crippen molar-refractivity contribution in [1.29, 1.82) is 0 Å². The molecule has 2 aromatic carbocycles. The molecule has 86 valence electrons. The lowest BCUT2D eigenvalue weighted by atomic mass is 10.1. The van der Waals surface area contributed by atoms with Crippen LogP contribution in [-0.2, 0) is 6.42 Å². The van der Waals surface area contributed by atoms with Crippen LogP contribution < -0.4 is 0 Å². The van der Waals surface area contributed by atoms with Gasteiger partial charge in [0.15, 0.2) is 6.21 Å². The summed E-state index contributed by atoms with van der Waals surface area (Å²) in [5, 5.41) is 11.9. The maximum atomic E-state index is 11.9. The molecule has 0 radical (unpaired) electrons. The van der Waals surface area contributed by atoms with E-state index in [1.54, 1.807) is 6.21 Å². The summed E-state index contributed by atoms with van der Waals surface area (Å²) >= 11 is 0. The molecule has 0 aliphatic carbocycles. The molecule has 2 rings (SSSR count). The molecule has 0 atom stereocenters. The van der Waals surface area contributed by atoms with E-state index >= 15 is 0 Å². The molecule has 0 aliphatic rings. The Morgan fingerprint density at radius 3 is 2.53 bits per heavy atom. The first-order valence-electron chi connectivity index (χ1n) is 5.75. The topological polar surface area (TPSA) is 26.1 Å². The molecular formula is C15H15NO. The summed E-state index contributed by atoms with van der Waals surface area (Å²) in [5.74, 6) is 0. The van der Waals surface area contributed by atoms with Gasteiger partial charge in [0.25, 0.3) is 0 Å². The third-order valence-electron chi connectivity index (χ3n) is 2.64.